The van der Waals surface area contributed by atoms with Crippen LogP contribution in [0.25, 0.3) is 11.1 Å². The minimum absolute atomic E-state index is 0.0446. The fraction of sp³-hybridized carbons (Fsp3) is 0.176. The van der Waals surface area contributed by atoms with E-state index in [9.17, 15) is 9.18 Å². The van der Waals surface area contributed by atoms with Gasteiger partial charge in [0.25, 0.3) is 6.01 Å². The number of hydrogen-bond acceptors (Lipinski definition) is 6. The highest BCUT2D eigenvalue weighted by atomic mass is 35.5. The molecule has 130 valence electrons. The third-order valence-corrected chi connectivity index (χ3v) is 3.78. The van der Waals surface area contributed by atoms with Gasteiger partial charge in [0.1, 0.15) is 11.3 Å². The van der Waals surface area contributed by atoms with Gasteiger partial charge < -0.3 is 19.2 Å². The number of carbonyl (C=O) groups is 1. The number of halogens is 2. The van der Waals surface area contributed by atoms with Crippen molar-refractivity contribution in [1.82, 2.24) is 4.98 Å². The van der Waals surface area contributed by atoms with Crippen molar-refractivity contribution in [3.63, 3.8) is 0 Å². The van der Waals surface area contributed by atoms with Crippen molar-refractivity contribution in [2.24, 2.45) is 0 Å². The molecule has 0 fully saturated rings. The van der Waals surface area contributed by atoms with Gasteiger partial charge in [-0.05, 0) is 18.2 Å². The van der Waals surface area contributed by atoms with Crippen LogP contribution in [0.15, 0.2) is 34.7 Å². The van der Waals surface area contributed by atoms with Crippen molar-refractivity contribution >= 4 is 40.4 Å². The molecule has 0 saturated heterocycles. The highest BCUT2D eigenvalue weighted by molar-refractivity contribution is 6.30. The maximum atomic E-state index is 14.5. The minimum Gasteiger partial charge on any atom is -0.495 e. The second-order valence-corrected chi connectivity index (χ2v) is 5.56. The number of benzene rings is 2. The molecule has 1 N–H and O–H groups in total. The predicted octanol–water partition coefficient (Wildman–Crippen LogP) is 4.09. The van der Waals surface area contributed by atoms with Crippen LogP contribution in [-0.2, 0) is 16.0 Å². The first-order valence-corrected chi connectivity index (χ1v) is 7.65. The molecule has 0 amide bonds. The second-order valence-electron chi connectivity index (χ2n) is 5.13. The standard InChI is InChI=1S/C17H14ClFN2O4/c1-23-13-8-10(18)4-6-11(13)20-17-21-12-5-3-9(7-14(22)24-2)15(19)16(12)25-17/h3-6,8H,7H2,1-2H3,(H,20,21). The molecule has 0 aliphatic rings. The Morgan fingerprint density at radius 3 is 2.84 bits per heavy atom. The molecular formula is C17H14ClFN2O4. The number of rotatable bonds is 5. The molecule has 0 aliphatic heterocycles. The summed E-state index contributed by atoms with van der Waals surface area (Å²) in [5.74, 6) is -0.699. The van der Waals surface area contributed by atoms with Gasteiger partial charge in [0.05, 0.1) is 26.3 Å². The number of hydrogen-bond donors (Lipinski definition) is 1. The first-order chi connectivity index (χ1) is 12.0. The monoisotopic (exact) mass is 364 g/mol. The van der Waals surface area contributed by atoms with Gasteiger partial charge in [-0.15, -0.1) is 0 Å². The number of oxazole rings is 1. The van der Waals surface area contributed by atoms with Crippen LogP contribution in [0.4, 0.5) is 16.1 Å². The van der Waals surface area contributed by atoms with Crippen molar-refractivity contribution in [1.29, 1.82) is 0 Å². The molecule has 0 radical (unpaired) electrons. The van der Waals surface area contributed by atoms with E-state index in [1.165, 1.54) is 20.3 Å². The molecule has 1 heterocycles. The quantitative estimate of drug-likeness (QED) is 0.687. The van der Waals surface area contributed by atoms with Crippen LogP contribution in [-0.4, -0.2) is 25.2 Å². The van der Waals surface area contributed by atoms with E-state index in [1.54, 1.807) is 24.3 Å². The Balaban J connectivity index is 1.94. The van der Waals surface area contributed by atoms with Crippen LogP contribution >= 0.6 is 11.6 Å². The van der Waals surface area contributed by atoms with Gasteiger partial charge >= 0.3 is 5.97 Å². The topological polar surface area (TPSA) is 73.6 Å². The Hall–Kier alpha value is -2.80. The molecule has 0 saturated carbocycles. The first kappa shape index (κ1) is 17.0. The second kappa shape index (κ2) is 6.98. The zero-order valence-electron chi connectivity index (χ0n) is 13.4. The Labute approximate surface area is 147 Å². The van der Waals surface area contributed by atoms with Crippen molar-refractivity contribution in [3.8, 4) is 5.75 Å². The van der Waals surface area contributed by atoms with Crippen LogP contribution in [0.3, 0.4) is 0 Å². The molecule has 0 atom stereocenters. The maximum absolute atomic E-state index is 14.5. The highest BCUT2D eigenvalue weighted by Crippen LogP contribution is 2.32. The number of carbonyl (C=O) groups excluding carboxylic acids is 1. The number of aromatic nitrogens is 1. The summed E-state index contributed by atoms with van der Waals surface area (Å²) in [4.78, 5) is 15.5. The lowest BCUT2D eigenvalue weighted by Crippen LogP contribution is -2.06. The Morgan fingerprint density at radius 2 is 2.12 bits per heavy atom. The molecule has 1 aromatic heterocycles. The summed E-state index contributed by atoms with van der Waals surface area (Å²) < 4.78 is 29.7. The van der Waals surface area contributed by atoms with Crippen LogP contribution in [0, 0.1) is 5.82 Å². The van der Waals surface area contributed by atoms with E-state index in [0.717, 1.165) is 0 Å². The van der Waals surface area contributed by atoms with Crippen molar-refractivity contribution in [2.75, 3.05) is 19.5 Å². The molecule has 0 unspecified atom stereocenters. The summed E-state index contributed by atoms with van der Waals surface area (Å²) in [6.07, 6.45) is -0.188. The summed E-state index contributed by atoms with van der Waals surface area (Å²) >= 11 is 5.92. The SMILES string of the molecule is COC(=O)Cc1ccc2nc(Nc3ccc(Cl)cc3OC)oc2c1F. The third kappa shape index (κ3) is 3.51. The fourth-order valence-corrected chi connectivity index (χ4v) is 2.46. The summed E-state index contributed by atoms with van der Waals surface area (Å²) in [6, 6.07) is 8.12. The maximum Gasteiger partial charge on any atom is 0.310 e. The van der Waals surface area contributed by atoms with E-state index >= 15 is 0 Å². The number of esters is 1. The summed E-state index contributed by atoms with van der Waals surface area (Å²) in [5.41, 5.74) is 1.01. The van der Waals surface area contributed by atoms with Gasteiger partial charge in [0.2, 0.25) is 0 Å². The van der Waals surface area contributed by atoms with Gasteiger partial charge in [-0.25, -0.2) is 4.39 Å². The van der Waals surface area contributed by atoms with Crippen molar-refractivity contribution in [3.05, 3.63) is 46.7 Å². The largest absolute Gasteiger partial charge is 0.495 e. The molecule has 0 bridgehead atoms. The lowest BCUT2D eigenvalue weighted by molar-refractivity contribution is -0.139. The third-order valence-electron chi connectivity index (χ3n) is 3.54. The van der Waals surface area contributed by atoms with Gasteiger partial charge in [0.15, 0.2) is 11.4 Å². The van der Waals surface area contributed by atoms with Crippen LogP contribution in [0.5, 0.6) is 5.75 Å². The minimum atomic E-state index is -0.647. The predicted molar refractivity (Wildman–Crippen MR) is 91.0 cm³/mol. The van der Waals surface area contributed by atoms with Crippen molar-refractivity contribution < 1.29 is 23.1 Å². The summed E-state index contributed by atoms with van der Waals surface area (Å²) in [6.45, 7) is 0. The zero-order valence-corrected chi connectivity index (χ0v) is 14.2. The molecule has 25 heavy (non-hydrogen) atoms. The molecule has 0 aliphatic carbocycles. The van der Waals surface area contributed by atoms with E-state index < -0.39 is 11.8 Å². The highest BCUT2D eigenvalue weighted by Gasteiger charge is 2.17. The normalized spacial score (nSPS) is 10.7. The van der Waals surface area contributed by atoms with Crippen LogP contribution in [0.1, 0.15) is 5.56 Å². The summed E-state index contributed by atoms with van der Waals surface area (Å²) in [7, 11) is 2.75. The number of nitrogens with zero attached hydrogens (tertiary/aromatic N) is 1. The number of ether oxygens (including phenoxy) is 2. The van der Waals surface area contributed by atoms with E-state index in [-0.39, 0.29) is 23.6 Å². The smallest absolute Gasteiger partial charge is 0.310 e. The molecule has 6 nitrogen and oxygen atoms in total. The van der Waals surface area contributed by atoms with Crippen LogP contribution in [0.2, 0.25) is 5.02 Å². The Kier molecular flexibility index (Phi) is 4.76. The average Bonchev–Trinajstić information content (AvgIpc) is 3.02. The number of nitrogens with one attached hydrogen (secondary N) is 1. The van der Waals surface area contributed by atoms with E-state index in [1.807, 2.05) is 0 Å². The lowest BCUT2D eigenvalue weighted by Gasteiger charge is -2.08. The number of anilines is 2. The molecule has 3 rings (SSSR count). The molecule has 0 spiro atoms. The molecule has 2 aromatic carbocycles. The molecule has 8 heteroatoms. The molecular weight excluding hydrogens is 351 g/mol. The molecule has 3 aromatic rings. The Bertz CT molecular complexity index is 942. The van der Waals surface area contributed by atoms with E-state index in [4.69, 9.17) is 20.8 Å². The average molecular weight is 365 g/mol. The van der Waals surface area contributed by atoms with Gasteiger partial charge in [-0.2, -0.15) is 4.98 Å². The zero-order chi connectivity index (χ0) is 18.0. The van der Waals surface area contributed by atoms with E-state index in [2.05, 4.69) is 15.0 Å². The fourth-order valence-electron chi connectivity index (χ4n) is 2.30. The van der Waals surface area contributed by atoms with Gasteiger partial charge in [-0.3, -0.25) is 4.79 Å². The lowest BCUT2D eigenvalue weighted by atomic mass is 10.1. The van der Waals surface area contributed by atoms with Gasteiger partial charge in [-0.1, -0.05) is 17.7 Å². The van der Waals surface area contributed by atoms with Crippen LogP contribution < -0.4 is 10.1 Å². The first-order valence-electron chi connectivity index (χ1n) is 7.27. The number of fused-ring (bicyclic) bond motifs is 1. The van der Waals surface area contributed by atoms with E-state index in [0.29, 0.717) is 22.0 Å². The Morgan fingerprint density at radius 1 is 1.32 bits per heavy atom. The van der Waals surface area contributed by atoms with Gasteiger partial charge in [0, 0.05) is 16.7 Å². The number of methoxy groups -OCH3 is 2. The summed E-state index contributed by atoms with van der Waals surface area (Å²) in [5, 5.41) is 3.43. The van der Waals surface area contributed by atoms with Crippen molar-refractivity contribution in [2.45, 2.75) is 6.42 Å².